The van der Waals surface area contributed by atoms with E-state index in [1.54, 1.807) is 12.1 Å². The molecule has 0 unspecified atom stereocenters. The largest absolute Gasteiger partial charge is 0.473 e. The summed E-state index contributed by atoms with van der Waals surface area (Å²) in [7, 11) is 0. The summed E-state index contributed by atoms with van der Waals surface area (Å²) in [6.07, 6.45) is 3.75. The lowest BCUT2D eigenvalue weighted by Gasteiger charge is -2.23. The maximum absolute atomic E-state index is 10.8. The van der Waals surface area contributed by atoms with Gasteiger partial charge in [0.15, 0.2) is 0 Å². The molecule has 5 nitrogen and oxygen atoms in total. The van der Waals surface area contributed by atoms with Crippen LogP contribution < -0.4 is 15.8 Å². The van der Waals surface area contributed by atoms with Gasteiger partial charge in [-0.3, -0.25) is 4.79 Å². The van der Waals surface area contributed by atoms with Crippen molar-refractivity contribution in [2.75, 3.05) is 13.1 Å². The smallest absolute Gasteiger partial charge is 0.250 e. The predicted molar refractivity (Wildman–Crippen MR) is 59.3 cm³/mol. The van der Waals surface area contributed by atoms with Gasteiger partial charge in [-0.1, -0.05) is 0 Å². The van der Waals surface area contributed by atoms with E-state index in [4.69, 9.17) is 10.5 Å². The molecule has 0 aliphatic carbocycles. The van der Waals surface area contributed by atoms with Gasteiger partial charge < -0.3 is 15.8 Å². The molecular formula is C11H15N3O2. The Balaban J connectivity index is 1.96. The highest BCUT2D eigenvalue weighted by Crippen LogP contribution is 2.13. The van der Waals surface area contributed by atoms with Crippen LogP contribution in [0.2, 0.25) is 0 Å². The van der Waals surface area contributed by atoms with E-state index in [2.05, 4.69) is 10.3 Å². The second-order valence-electron chi connectivity index (χ2n) is 3.84. The first-order valence-electron chi connectivity index (χ1n) is 5.39. The minimum absolute atomic E-state index is 0.167. The van der Waals surface area contributed by atoms with Crippen molar-refractivity contribution in [3.63, 3.8) is 0 Å². The van der Waals surface area contributed by atoms with Crippen molar-refractivity contribution in [3.8, 4) is 5.88 Å². The molecule has 1 aromatic heterocycles. The van der Waals surface area contributed by atoms with Crippen molar-refractivity contribution in [1.29, 1.82) is 0 Å². The molecule has 0 aromatic carbocycles. The molecule has 2 rings (SSSR count). The number of primary amides is 1. The molecule has 5 heteroatoms. The van der Waals surface area contributed by atoms with Gasteiger partial charge in [-0.2, -0.15) is 0 Å². The van der Waals surface area contributed by atoms with Gasteiger partial charge in [-0.25, -0.2) is 4.98 Å². The topological polar surface area (TPSA) is 77.2 Å². The fourth-order valence-electron chi connectivity index (χ4n) is 1.69. The van der Waals surface area contributed by atoms with Gasteiger partial charge in [-0.15, -0.1) is 0 Å². The van der Waals surface area contributed by atoms with Gasteiger partial charge in [0.1, 0.15) is 6.10 Å². The van der Waals surface area contributed by atoms with Crippen LogP contribution in [0, 0.1) is 0 Å². The lowest BCUT2D eigenvalue weighted by Crippen LogP contribution is -2.37. The van der Waals surface area contributed by atoms with Crippen molar-refractivity contribution in [3.05, 3.63) is 23.9 Å². The number of nitrogens with two attached hydrogens (primary N) is 1. The number of amides is 1. The number of nitrogens with one attached hydrogen (secondary N) is 1. The molecule has 1 aliphatic heterocycles. The van der Waals surface area contributed by atoms with Crippen LogP contribution in [-0.2, 0) is 0 Å². The van der Waals surface area contributed by atoms with Crippen molar-refractivity contribution < 1.29 is 9.53 Å². The molecule has 1 aliphatic rings. The number of ether oxygens (including phenoxy) is 1. The molecule has 1 aromatic rings. The van der Waals surface area contributed by atoms with Crippen molar-refractivity contribution in [2.45, 2.75) is 18.9 Å². The fourth-order valence-corrected chi connectivity index (χ4v) is 1.69. The number of rotatable bonds is 3. The van der Waals surface area contributed by atoms with E-state index in [9.17, 15) is 4.79 Å². The molecule has 86 valence electrons. The van der Waals surface area contributed by atoms with Crippen LogP contribution in [0.5, 0.6) is 5.88 Å². The third kappa shape index (κ3) is 2.70. The molecular weight excluding hydrogens is 206 g/mol. The zero-order valence-corrected chi connectivity index (χ0v) is 8.98. The predicted octanol–water partition coefficient (Wildman–Crippen LogP) is 0.311. The van der Waals surface area contributed by atoms with Crippen LogP contribution in [-0.4, -0.2) is 30.1 Å². The standard InChI is InChI=1S/C11H15N3O2/c12-11(15)8-3-4-10(14-6-8)16-9-2-1-5-13-7-9/h3-4,6,9,13H,1-2,5,7H2,(H2,12,15)/t9-/m0/s1. The Morgan fingerprint density at radius 3 is 3.00 bits per heavy atom. The average Bonchev–Trinajstić information content (AvgIpc) is 2.31. The van der Waals surface area contributed by atoms with Gasteiger partial charge in [-0.05, 0) is 25.5 Å². The van der Waals surface area contributed by atoms with Gasteiger partial charge >= 0.3 is 0 Å². The molecule has 2 heterocycles. The molecule has 1 atom stereocenters. The molecule has 1 saturated heterocycles. The Kier molecular flexibility index (Phi) is 3.36. The van der Waals surface area contributed by atoms with E-state index in [0.717, 1.165) is 25.9 Å². The maximum atomic E-state index is 10.8. The highest BCUT2D eigenvalue weighted by Gasteiger charge is 2.14. The molecule has 0 saturated carbocycles. The summed E-state index contributed by atoms with van der Waals surface area (Å²) in [5.74, 6) is 0.0667. The maximum Gasteiger partial charge on any atom is 0.250 e. The molecule has 16 heavy (non-hydrogen) atoms. The highest BCUT2D eigenvalue weighted by molar-refractivity contribution is 5.92. The minimum atomic E-state index is -0.474. The lowest BCUT2D eigenvalue weighted by molar-refractivity contribution is 0.0999. The van der Waals surface area contributed by atoms with Gasteiger partial charge in [0.05, 0.1) is 5.56 Å². The van der Waals surface area contributed by atoms with E-state index in [1.807, 2.05) is 0 Å². The van der Waals surface area contributed by atoms with Gasteiger partial charge in [0.2, 0.25) is 11.8 Å². The van der Waals surface area contributed by atoms with Gasteiger partial charge in [0.25, 0.3) is 0 Å². The van der Waals surface area contributed by atoms with Crippen molar-refractivity contribution in [1.82, 2.24) is 10.3 Å². The third-order valence-corrected chi connectivity index (χ3v) is 2.56. The van der Waals surface area contributed by atoms with Crippen molar-refractivity contribution >= 4 is 5.91 Å². The van der Waals surface area contributed by atoms with Crippen LogP contribution in [0.15, 0.2) is 18.3 Å². The number of carbonyl (C=O) groups is 1. The Labute approximate surface area is 94.0 Å². The summed E-state index contributed by atoms with van der Waals surface area (Å²) in [6, 6.07) is 3.30. The fraction of sp³-hybridized carbons (Fsp3) is 0.455. The average molecular weight is 221 g/mol. The number of pyridine rings is 1. The third-order valence-electron chi connectivity index (χ3n) is 2.56. The zero-order chi connectivity index (χ0) is 11.4. The first-order chi connectivity index (χ1) is 7.75. The molecule has 0 bridgehead atoms. The normalized spacial score (nSPS) is 20.4. The Hall–Kier alpha value is -1.62. The Morgan fingerprint density at radius 1 is 1.56 bits per heavy atom. The van der Waals surface area contributed by atoms with Gasteiger partial charge in [0, 0.05) is 18.8 Å². The number of hydrogen-bond donors (Lipinski definition) is 2. The monoisotopic (exact) mass is 221 g/mol. The number of aromatic nitrogens is 1. The Morgan fingerprint density at radius 2 is 2.44 bits per heavy atom. The quantitative estimate of drug-likeness (QED) is 0.770. The number of carbonyl (C=O) groups excluding carboxylic acids is 1. The summed E-state index contributed by atoms with van der Waals surface area (Å²) in [6.45, 7) is 1.90. The van der Waals surface area contributed by atoms with E-state index in [1.165, 1.54) is 6.20 Å². The lowest BCUT2D eigenvalue weighted by atomic mass is 10.1. The van der Waals surface area contributed by atoms with Crippen LogP contribution in [0.25, 0.3) is 0 Å². The highest BCUT2D eigenvalue weighted by atomic mass is 16.5. The molecule has 1 fully saturated rings. The van der Waals surface area contributed by atoms with Crippen LogP contribution in [0.3, 0.4) is 0 Å². The van der Waals surface area contributed by atoms with Crippen molar-refractivity contribution in [2.24, 2.45) is 5.73 Å². The number of piperidine rings is 1. The second-order valence-corrected chi connectivity index (χ2v) is 3.84. The SMILES string of the molecule is NC(=O)c1ccc(O[C@H]2CCCNC2)nc1. The molecule has 0 spiro atoms. The molecule has 0 radical (unpaired) electrons. The van der Waals surface area contributed by atoms with Crippen LogP contribution >= 0.6 is 0 Å². The van der Waals surface area contributed by atoms with E-state index < -0.39 is 5.91 Å². The zero-order valence-electron chi connectivity index (χ0n) is 8.98. The summed E-state index contributed by atoms with van der Waals surface area (Å²) in [4.78, 5) is 14.9. The number of nitrogens with zero attached hydrogens (tertiary/aromatic N) is 1. The summed E-state index contributed by atoms with van der Waals surface area (Å²) < 4.78 is 5.66. The Bertz CT molecular complexity index is 358. The van der Waals surface area contributed by atoms with Crippen LogP contribution in [0.4, 0.5) is 0 Å². The van der Waals surface area contributed by atoms with Crippen LogP contribution in [0.1, 0.15) is 23.2 Å². The van der Waals surface area contributed by atoms with E-state index in [-0.39, 0.29) is 6.10 Å². The minimum Gasteiger partial charge on any atom is -0.473 e. The molecule has 3 N–H and O–H groups in total. The summed E-state index contributed by atoms with van der Waals surface area (Å²) in [5, 5.41) is 3.26. The summed E-state index contributed by atoms with van der Waals surface area (Å²) >= 11 is 0. The summed E-state index contributed by atoms with van der Waals surface area (Å²) in [5.41, 5.74) is 5.52. The second kappa shape index (κ2) is 4.94. The first kappa shape index (κ1) is 10.9. The van der Waals surface area contributed by atoms with E-state index >= 15 is 0 Å². The number of hydrogen-bond acceptors (Lipinski definition) is 4. The van der Waals surface area contributed by atoms with E-state index in [0.29, 0.717) is 11.4 Å². The first-order valence-corrected chi connectivity index (χ1v) is 5.39. The molecule has 1 amide bonds.